The SMILES string of the molecule is CNC(=O)OC(C(C)C)C1C[C@@H](C)[C@H]2C(O1)C(O)[C@@]1(C)C3CC[C@H]4C(C)(C)C(OC(=O)NC5CNC5)CCC45CC35CCC21C. The van der Waals surface area contributed by atoms with Gasteiger partial charge in [0.25, 0.3) is 0 Å². The number of fused-ring (bicyclic) bond motifs is 4. The van der Waals surface area contributed by atoms with Crippen LogP contribution in [-0.4, -0.2) is 74.0 Å². The van der Waals surface area contributed by atoms with E-state index >= 15 is 0 Å². The smallest absolute Gasteiger partial charge is 0.407 e. The zero-order valence-electron chi connectivity index (χ0n) is 28.9. The van der Waals surface area contributed by atoms with Crippen molar-refractivity contribution in [3.8, 4) is 0 Å². The predicted molar refractivity (Wildman–Crippen MR) is 170 cm³/mol. The summed E-state index contributed by atoms with van der Waals surface area (Å²) in [6.07, 6.45) is 6.51. The summed E-state index contributed by atoms with van der Waals surface area (Å²) in [5.41, 5.74) is 0.152. The van der Waals surface area contributed by atoms with Crippen LogP contribution in [0.3, 0.4) is 0 Å². The molecule has 7 rings (SSSR count). The van der Waals surface area contributed by atoms with Crippen LogP contribution in [0.1, 0.15) is 99.8 Å². The molecule has 2 aliphatic heterocycles. The molecule has 9 heteroatoms. The number of ether oxygens (including phenoxy) is 3. The van der Waals surface area contributed by atoms with Crippen molar-refractivity contribution in [2.45, 2.75) is 136 Å². The lowest BCUT2D eigenvalue weighted by Crippen LogP contribution is -2.60. The highest BCUT2D eigenvalue weighted by Gasteiger charge is 2.84. The maximum Gasteiger partial charge on any atom is 0.407 e. The van der Waals surface area contributed by atoms with Crippen LogP contribution in [0.4, 0.5) is 9.59 Å². The standard InChI is InChI=1S/C36H59N3O6/c1-19(2)27(45-30(41)37-8)22-15-20(3)26-28(43-22)29(40)34(7)24-10-9-23-32(4,5)25(44-31(42)39-21-16-38-17-21)11-12-35(23)18-36(24,35)14-13-33(26,34)6/h19-29,38,40H,9-18H2,1-8H3,(H,37,41)(H,39,42)/t20-,22?,23+,24?,25?,26+,27?,28?,29?,33?,34-,35?,36?/m1/s1. The zero-order chi connectivity index (χ0) is 32.3. The van der Waals surface area contributed by atoms with Crippen LogP contribution < -0.4 is 16.0 Å². The number of carbonyl (C=O) groups is 2. The molecule has 0 aromatic heterocycles. The Balaban J connectivity index is 1.13. The molecule has 0 aromatic rings. The van der Waals surface area contributed by atoms with Crippen molar-refractivity contribution in [2.24, 2.45) is 56.7 Å². The number of hydrogen-bond donors (Lipinski definition) is 4. The van der Waals surface area contributed by atoms with Crippen LogP contribution in [0, 0.1) is 56.7 Å². The number of aliphatic hydroxyl groups excluding tert-OH is 1. The predicted octanol–water partition coefficient (Wildman–Crippen LogP) is 5.25. The molecule has 2 saturated heterocycles. The summed E-state index contributed by atoms with van der Waals surface area (Å²) in [5, 5.41) is 21.4. The van der Waals surface area contributed by atoms with E-state index in [0.717, 1.165) is 51.6 Å². The van der Waals surface area contributed by atoms with Crippen LogP contribution in [-0.2, 0) is 14.2 Å². The Bertz CT molecular complexity index is 1210. The molecule has 5 saturated carbocycles. The molecule has 9 unspecified atom stereocenters. The molecule has 45 heavy (non-hydrogen) atoms. The number of carbonyl (C=O) groups excluding carboxylic acids is 2. The van der Waals surface area contributed by atoms with Gasteiger partial charge in [0.2, 0.25) is 0 Å². The molecule has 2 amide bonds. The molecule has 7 fully saturated rings. The molecule has 0 aromatic carbocycles. The summed E-state index contributed by atoms with van der Waals surface area (Å²) in [6.45, 7) is 17.7. The van der Waals surface area contributed by atoms with E-state index in [9.17, 15) is 14.7 Å². The lowest BCUT2D eigenvalue weighted by Gasteiger charge is -2.63. The molecule has 254 valence electrons. The lowest BCUT2D eigenvalue weighted by molar-refractivity contribution is -0.184. The van der Waals surface area contributed by atoms with Gasteiger partial charge in [-0.3, -0.25) is 0 Å². The van der Waals surface area contributed by atoms with Crippen LogP contribution in [0.25, 0.3) is 0 Å². The van der Waals surface area contributed by atoms with Gasteiger partial charge in [0.1, 0.15) is 12.2 Å². The normalized spacial score (nSPS) is 50.0. The van der Waals surface area contributed by atoms with Gasteiger partial charge in [-0.1, -0.05) is 48.5 Å². The summed E-state index contributed by atoms with van der Waals surface area (Å²) < 4.78 is 18.9. The van der Waals surface area contributed by atoms with Crippen molar-refractivity contribution >= 4 is 12.2 Å². The van der Waals surface area contributed by atoms with Crippen molar-refractivity contribution in [1.82, 2.24) is 16.0 Å². The Hall–Kier alpha value is -1.58. The molecule has 0 radical (unpaired) electrons. The number of rotatable bonds is 5. The molecule has 5 aliphatic carbocycles. The number of aliphatic hydroxyl groups is 1. The van der Waals surface area contributed by atoms with E-state index in [0.29, 0.717) is 17.8 Å². The van der Waals surface area contributed by atoms with Gasteiger partial charge in [0.05, 0.1) is 24.4 Å². The van der Waals surface area contributed by atoms with Crippen LogP contribution >= 0.6 is 0 Å². The maximum atomic E-state index is 12.8. The Morgan fingerprint density at radius 2 is 1.67 bits per heavy atom. The first-order valence-electron chi connectivity index (χ1n) is 18.1. The fourth-order valence-electron chi connectivity index (χ4n) is 13.3. The van der Waals surface area contributed by atoms with E-state index in [1.165, 1.54) is 12.8 Å². The second kappa shape index (κ2) is 10.5. The Kier molecular flexibility index (Phi) is 7.43. The fourth-order valence-corrected chi connectivity index (χ4v) is 13.3. The second-order valence-corrected chi connectivity index (χ2v) is 17.8. The molecular weight excluding hydrogens is 570 g/mol. The van der Waals surface area contributed by atoms with Crippen molar-refractivity contribution < 1.29 is 28.9 Å². The van der Waals surface area contributed by atoms with E-state index in [1.54, 1.807) is 7.05 Å². The molecule has 4 N–H and O–H groups in total. The van der Waals surface area contributed by atoms with Crippen LogP contribution in [0.15, 0.2) is 0 Å². The monoisotopic (exact) mass is 629 g/mol. The first kappa shape index (κ1) is 32.0. The molecule has 0 bridgehead atoms. The first-order chi connectivity index (χ1) is 21.2. The van der Waals surface area contributed by atoms with Crippen molar-refractivity contribution in [3.63, 3.8) is 0 Å². The maximum absolute atomic E-state index is 12.8. The van der Waals surface area contributed by atoms with E-state index in [1.807, 2.05) is 0 Å². The van der Waals surface area contributed by atoms with Crippen LogP contribution in [0.2, 0.25) is 0 Å². The zero-order valence-corrected chi connectivity index (χ0v) is 28.9. The van der Waals surface area contributed by atoms with E-state index in [-0.39, 0.29) is 75.5 Å². The molecule has 9 nitrogen and oxygen atoms in total. The van der Waals surface area contributed by atoms with Crippen molar-refractivity contribution in [3.05, 3.63) is 0 Å². The van der Waals surface area contributed by atoms with Gasteiger partial charge < -0.3 is 35.3 Å². The van der Waals surface area contributed by atoms with Gasteiger partial charge in [0, 0.05) is 31.0 Å². The molecular formula is C36H59N3O6. The first-order valence-corrected chi connectivity index (χ1v) is 18.1. The number of nitrogens with one attached hydrogen (secondary N) is 3. The third-order valence-corrected chi connectivity index (χ3v) is 15.6. The minimum Gasteiger partial charge on any atom is -0.446 e. The molecule has 7 aliphatic rings. The summed E-state index contributed by atoms with van der Waals surface area (Å²) in [6, 6.07) is 0.179. The average molecular weight is 630 g/mol. The summed E-state index contributed by atoms with van der Waals surface area (Å²) >= 11 is 0. The fraction of sp³-hybridized carbons (Fsp3) is 0.944. The minimum absolute atomic E-state index is 0.0206. The van der Waals surface area contributed by atoms with Crippen molar-refractivity contribution in [1.29, 1.82) is 0 Å². The van der Waals surface area contributed by atoms with Gasteiger partial charge in [-0.2, -0.15) is 0 Å². The summed E-state index contributed by atoms with van der Waals surface area (Å²) in [4.78, 5) is 25.1. The molecule has 2 spiro atoms. The van der Waals surface area contributed by atoms with E-state index in [2.05, 4.69) is 64.4 Å². The van der Waals surface area contributed by atoms with Crippen molar-refractivity contribution in [2.75, 3.05) is 20.1 Å². The molecule has 2 heterocycles. The Morgan fingerprint density at radius 1 is 0.978 bits per heavy atom. The number of hydrogen-bond acceptors (Lipinski definition) is 7. The van der Waals surface area contributed by atoms with Gasteiger partial charge in [-0.15, -0.1) is 0 Å². The Labute approximate surface area is 270 Å². The molecule has 13 atom stereocenters. The highest BCUT2D eigenvalue weighted by atomic mass is 16.6. The number of amides is 2. The third kappa shape index (κ3) is 4.20. The Morgan fingerprint density at radius 3 is 2.31 bits per heavy atom. The largest absolute Gasteiger partial charge is 0.446 e. The summed E-state index contributed by atoms with van der Waals surface area (Å²) in [7, 11) is 1.59. The van der Waals surface area contributed by atoms with Gasteiger partial charge in [-0.05, 0) is 97.2 Å². The highest BCUT2D eigenvalue weighted by molar-refractivity contribution is 5.68. The topological polar surface area (TPSA) is 118 Å². The van der Waals surface area contributed by atoms with Crippen LogP contribution in [0.5, 0.6) is 0 Å². The van der Waals surface area contributed by atoms with E-state index in [4.69, 9.17) is 14.2 Å². The van der Waals surface area contributed by atoms with Gasteiger partial charge in [0.15, 0.2) is 0 Å². The highest BCUT2D eigenvalue weighted by Crippen LogP contribution is 2.89. The van der Waals surface area contributed by atoms with Gasteiger partial charge in [-0.25, -0.2) is 9.59 Å². The van der Waals surface area contributed by atoms with E-state index < -0.39 is 12.2 Å². The average Bonchev–Trinajstić information content (AvgIpc) is 3.59. The third-order valence-electron chi connectivity index (χ3n) is 15.6. The second-order valence-electron chi connectivity index (χ2n) is 17.8. The number of alkyl carbamates (subject to hydrolysis) is 2. The quantitative estimate of drug-likeness (QED) is 0.328. The van der Waals surface area contributed by atoms with Gasteiger partial charge >= 0.3 is 12.2 Å². The lowest BCUT2D eigenvalue weighted by atomic mass is 9.41. The minimum atomic E-state index is -0.556. The summed E-state index contributed by atoms with van der Waals surface area (Å²) in [5.74, 6) is 1.70.